The van der Waals surface area contributed by atoms with Gasteiger partial charge >= 0.3 is 13.7 Å². The molecule has 10 rings (SSSR count). The van der Waals surface area contributed by atoms with E-state index in [1.807, 2.05) is 107 Å². The van der Waals surface area contributed by atoms with Crippen LogP contribution in [0, 0.1) is 0 Å². The summed E-state index contributed by atoms with van der Waals surface area (Å²) in [5, 5.41) is 0. The van der Waals surface area contributed by atoms with Crippen LogP contribution in [0.1, 0.15) is 49.9 Å². The molecule has 10 heteroatoms. The highest BCUT2D eigenvalue weighted by Crippen LogP contribution is 2.47. The van der Waals surface area contributed by atoms with Gasteiger partial charge in [0.1, 0.15) is 0 Å². The van der Waals surface area contributed by atoms with E-state index < -0.39 is 13.7 Å². The zero-order chi connectivity index (χ0) is 40.4. The highest BCUT2D eigenvalue weighted by Gasteiger charge is 2.54. The van der Waals surface area contributed by atoms with Crippen LogP contribution in [0.25, 0.3) is 11.4 Å². The van der Waals surface area contributed by atoms with Crippen molar-refractivity contribution in [2.24, 2.45) is 0 Å². The molecule has 0 N–H and O–H groups in total. The van der Waals surface area contributed by atoms with E-state index in [0.29, 0.717) is 33.9 Å². The van der Waals surface area contributed by atoms with Gasteiger partial charge in [0, 0.05) is 26.2 Å². The number of aromatic nitrogens is 2. The summed E-state index contributed by atoms with van der Waals surface area (Å²) in [4.78, 5) is 50.5. The minimum Gasteiger partial charge on any atom is -0.370 e. The fourth-order valence-electron chi connectivity index (χ4n) is 9.59. The van der Waals surface area contributed by atoms with Gasteiger partial charge in [0.05, 0.1) is 57.7 Å². The summed E-state index contributed by atoms with van der Waals surface area (Å²) in [6.07, 6.45) is 10.9. The first-order valence-electron chi connectivity index (χ1n) is 21.4. The Labute approximate surface area is 353 Å². The van der Waals surface area contributed by atoms with Crippen LogP contribution in [0.5, 0.6) is 0 Å². The molecule has 60 heavy (non-hydrogen) atoms. The van der Waals surface area contributed by atoms with E-state index >= 15 is 9.59 Å². The normalized spacial score (nSPS) is 16.8. The second-order valence-electron chi connectivity index (χ2n) is 16.1. The summed E-state index contributed by atoms with van der Waals surface area (Å²) >= 11 is 0. The third kappa shape index (κ3) is 6.89. The number of fused-ring (bicyclic) bond motifs is 1. The van der Waals surface area contributed by atoms with Crippen molar-refractivity contribution in [1.29, 1.82) is 0 Å². The maximum absolute atomic E-state index is 15.9. The van der Waals surface area contributed by atoms with Crippen molar-refractivity contribution in [3.63, 3.8) is 0 Å². The summed E-state index contributed by atoms with van der Waals surface area (Å²) in [6, 6.07) is 48.6. The number of amides is 2. The van der Waals surface area contributed by atoms with Gasteiger partial charge in [-0.25, -0.2) is 0 Å². The van der Waals surface area contributed by atoms with E-state index in [9.17, 15) is 0 Å². The molecule has 6 aromatic rings. The summed E-state index contributed by atoms with van der Waals surface area (Å²) in [6.45, 7) is 2.85. The highest BCUT2D eigenvalue weighted by molar-refractivity contribution is 6.88. The van der Waals surface area contributed by atoms with Gasteiger partial charge in [-0.2, -0.15) is 0 Å². The lowest BCUT2D eigenvalue weighted by atomic mass is 9.48. The van der Waals surface area contributed by atoms with Crippen molar-refractivity contribution < 1.29 is 9.59 Å². The molecule has 0 aliphatic carbocycles. The monoisotopic (exact) mass is 784 g/mol. The molecule has 0 saturated carbocycles. The second kappa shape index (κ2) is 16.5. The largest absolute Gasteiger partial charge is 0.370 e. The van der Waals surface area contributed by atoms with Gasteiger partial charge in [-0.3, -0.25) is 19.6 Å². The molecule has 6 heterocycles. The third-order valence-corrected chi connectivity index (χ3v) is 12.5. The fraction of sp³-hybridized carbons (Fsp3) is 0.200. The molecule has 0 unspecified atom stereocenters. The number of benzene rings is 4. The van der Waals surface area contributed by atoms with Crippen molar-refractivity contribution in [3.05, 3.63) is 181 Å². The maximum atomic E-state index is 15.9. The standard InChI is InChI=1S/C50H46B2N6O2/c59-49-46-45(47(43-29-27-41(35-53-43)55-31-15-5-16-32-55)57(49)51(37-19-7-1-8-20-37)38-21-9-2-10-22-38)50(60)58(52(39-23-11-3-12-24-39)40-25-13-4-14-26-40)48(46)44-30-28-42(36-54-44)56-33-17-6-18-34-56/h1-4,7-14,19-30,35-36H,5-6,15-18,31-34H2. The van der Waals surface area contributed by atoms with E-state index in [2.05, 4.69) is 70.5 Å². The number of piperidine rings is 2. The number of carbonyl (C=O) groups is 2. The molecule has 4 aliphatic rings. The Morgan fingerprint density at radius 1 is 0.383 bits per heavy atom. The van der Waals surface area contributed by atoms with Gasteiger partial charge in [0.2, 0.25) is 11.8 Å². The molecule has 0 atom stereocenters. The molecule has 0 bridgehead atoms. The zero-order valence-corrected chi connectivity index (χ0v) is 33.7. The van der Waals surface area contributed by atoms with E-state index in [0.717, 1.165) is 85.1 Å². The minimum absolute atomic E-state index is 0.257. The Morgan fingerprint density at radius 3 is 0.983 bits per heavy atom. The summed E-state index contributed by atoms with van der Waals surface area (Å²) < 4.78 is 0. The molecule has 294 valence electrons. The van der Waals surface area contributed by atoms with Gasteiger partial charge in [-0.15, -0.1) is 0 Å². The van der Waals surface area contributed by atoms with Crippen molar-refractivity contribution in [1.82, 2.24) is 19.6 Å². The fourth-order valence-corrected chi connectivity index (χ4v) is 9.59. The van der Waals surface area contributed by atoms with E-state index in [1.54, 1.807) is 0 Å². The minimum atomic E-state index is -0.542. The topological polar surface area (TPSA) is 72.9 Å². The Bertz CT molecular complexity index is 2280. The van der Waals surface area contributed by atoms with Crippen LogP contribution >= 0.6 is 0 Å². The second-order valence-corrected chi connectivity index (χ2v) is 16.1. The van der Waals surface area contributed by atoms with Crippen LogP contribution in [0.4, 0.5) is 11.4 Å². The molecule has 2 amide bonds. The third-order valence-electron chi connectivity index (χ3n) is 12.5. The Hall–Kier alpha value is -6.67. The van der Waals surface area contributed by atoms with Crippen molar-refractivity contribution in [2.45, 2.75) is 38.5 Å². The Balaban J connectivity index is 1.22. The molecule has 4 aromatic carbocycles. The van der Waals surface area contributed by atoms with Gasteiger partial charge in [0.15, 0.2) is 0 Å². The number of nitrogens with zero attached hydrogens (tertiary/aromatic N) is 6. The van der Waals surface area contributed by atoms with Crippen LogP contribution in [0.2, 0.25) is 0 Å². The summed E-state index contributed by atoms with van der Waals surface area (Å²) in [5.41, 5.74) is 8.69. The van der Waals surface area contributed by atoms with Gasteiger partial charge < -0.3 is 19.4 Å². The summed E-state index contributed by atoms with van der Waals surface area (Å²) in [5.74, 6) is -0.514. The number of carbonyl (C=O) groups excluding carboxylic acids is 2. The quantitative estimate of drug-likeness (QED) is 0.162. The molecular formula is C50H46B2N6O2. The van der Waals surface area contributed by atoms with Crippen LogP contribution < -0.4 is 31.7 Å². The van der Waals surface area contributed by atoms with Gasteiger partial charge in [-0.05, 0) is 62.8 Å². The molecule has 2 aromatic heterocycles. The highest BCUT2D eigenvalue weighted by atomic mass is 16.2. The SMILES string of the molecule is O=C1C2=C(c3ccc(N4CCCCC4)cn3)N(B(c3ccccc3)c3ccccc3)C(=O)C2=C(c2ccc(N3CCCCC3)cn2)N1B(c1ccccc1)c1ccccc1. The number of hydrogen-bond acceptors (Lipinski definition) is 6. The molecular weight excluding hydrogens is 738 g/mol. The van der Waals surface area contributed by atoms with Crippen LogP contribution in [-0.2, 0) is 9.59 Å². The van der Waals surface area contributed by atoms with E-state index in [1.165, 1.54) is 12.8 Å². The molecule has 8 nitrogen and oxygen atoms in total. The predicted molar refractivity (Wildman–Crippen MR) is 244 cm³/mol. The van der Waals surface area contributed by atoms with Crippen molar-refractivity contribution in [3.8, 4) is 0 Å². The molecule has 2 saturated heterocycles. The molecule has 4 aliphatic heterocycles. The predicted octanol–water partition coefficient (Wildman–Crippen LogP) is 5.88. The van der Waals surface area contributed by atoms with Crippen molar-refractivity contribution in [2.75, 3.05) is 36.0 Å². The van der Waals surface area contributed by atoms with Crippen LogP contribution in [0.3, 0.4) is 0 Å². The first-order valence-corrected chi connectivity index (χ1v) is 21.4. The van der Waals surface area contributed by atoms with E-state index in [4.69, 9.17) is 9.97 Å². The van der Waals surface area contributed by atoms with E-state index in [-0.39, 0.29) is 11.8 Å². The average molecular weight is 785 g/mol. The number of pyridine rings is 2. The summed E-state index contributed by atoms with van der Waals surface area (Å²) in [7, 11) is 0. The van der Waals surface area contributed by atoms with Crippen molar-refractivity contribution >= 4 is 70.1 Å². The smallest absolute Gasteiger partial charge is 0.331 e. The maximum Gasteiger partial charge on any atom is 0.331 e. The van der Waals surface area contributed by atoms with Gasteiger partial charge in [0.25, 0.3) is 0 Å². The van der Waals surface area contributed by atoms with Crippen LogP contribution in [-0.4, -0.2) is 71.3 Å². The lowest BCUT2D eigenvalue weighted by Crippen LogP contribution is -2.58. The molecule has 0 spiro atoms. The molecule has 0 radical (unpaired) electrons. The first-order chi connectivity index (χ1) is 29.7. The Morgan fingerprint density at radius 2 is 0.700 bits per heavy atom. The van der Waals surface area contributed by atoms with Crippen LogP contribution in [0.15, 0.2) is 169 Å². The lowest BCUT2D eigenvalue weighted by Gasteiger charge is -2.32. The number of hydrogen-bond donors (Lipinski definition) is 0. The first kappa shape index (κ1) is 37.6. The average Bonchev–Trinajstić information content (AvgIpc) is 3.78. The van der Waals surface area contributed by atoms with Gasteiger partial charge in [-0.1, -0.05) is 143 Å². The zero-order valence-electron chi connectivity index (χ0n) is 33.7. The molecule has 2 fully saturated rings. The number of rotatable bonds is 10. The Kier molecular flexibility index (Phi) is 10.4. The number of anilines is 2. The lowest BCUT2D eigenvalue weighted by molar-refractivity contribution is -0.121.